The molecule has 1 aliphatic heterocycles. The van der Waals surface area contributed by atoms with E-state index in [0.717, 1.165) is 31.2 Å². The van der Waals surface area contributed by atoms with Gasteiger partial charge < -0.3 is 15.3 Å². The van der Waals surface area contributed by atoms with Gasteiger partial charge in [-0.2, -0.15) is 0 Å². The van der Waals surface area contributed by atoms with Crippen LogP contribution < -0.4 is 5.32 Å². The summed E-state index contributed by atoms with van der Waals surface area (Å²) in [6.45, 7) is 13.9. The quantitative estimate of drug-likeness (QED) is 0.698. The average molecular weight is 256 g/mol. The topological polar surface area (TPSA) is 35.5 Å². The second-order valence-electron chi connectivity index (χ2n) is 6.46. The van der Waals surface area contributed by atoms with Gasteiger partial charge in [-0.3, -0.25) is 0 Å². The van der Waals surface area contributed by atoms with Crippen LogP contribution in [0.5, 0.6) is 0 Å². The molecule has 0 aromatic rings. The minimum Gasteiger partial charge on any atom is -0.394 e. The van der Waals surface area contributed by atoms with Gasteiger partial charge in [0.15, 0.2) is 0 Å². The molecule has 0 aromatic heterocycles. The van der Waals surface area contributed by atoms with Crippen molar-refractivity contribution in [3.63, 3.8) is 0 Å². The molecule has 0 aromatic carbocycles. The van der Waals surface area contributed by atoms with Crippen LogP contribution in [-0.2, 0) is 0 Å². The molecule has 0 saturated carbocycles. The summed E-state index contributed by atoms with van der Waals surface area (Å²) >= 11 is 0. The van der Waals surface area contributed by atoms with Crippen LogP contribution in [0.1, 0.15) is 47.0 Å². The Morgan fingerprint density at radius 3 is 2.39 bits per heavy atom. The monoisotopic (exact) mass is 256 g/mol. The second-order valence-corrected chi connectivity index (χ2v) is 6.46. The highest BCUT2D eigenvalue weighted by Gasteiger charge is 2.27. The van der Waals surface area contributed by atoms with E-state index in [9.17, 15) is 5.11 Å². The molecule has 0 bridgehead atoms. The predicted molar refractivity (Wildman–Crippen MR) is 77.8 cm³/mol. The molecule has 1 aliphatic rings. The van der Waals surface area contributed by atoms with Crippen molar-refractivity contribution in [1.29, 1.82) is 0 Å². The number of aliphatic hydroxyl groups is 1. The Hall–Kier alpha value is -0.120. The lowest BCUT2D eigenvalue weighted by Crippen LogP contribution is -2.46. The average Bonchev–Trinajstić information content (AvgIpc) is 2.66. The summed E-state index contributed by atoms with van der Waals surface area (Å²) in [5.74, 6) is 1.68. The number of rotatable bonds is 8. The van der Waals surface area contributed by atoms with E-state index in [1.807, 2.05) is 0 Å². The van der Waals surface area contributed by atoms with E-state index in [1.165, 1.54) is 26.1 Å². The summed E-state index contributed by atoms with van der Waals surface area (Å²) in [6.07, 6.45) is 3.35. The van der Waals surface area contributed by atoms with E-state index in [-0.39, 0.29) is 12.1 Å². The molecule has 1 saturated heterocycles. The fourth-order valence-electron chi connectivity index (χ4n) is 2.77. The van der Waals surface area contributed by atoms with E-state index in [0.29, 0.717) is 0 Å². The Kier molecular flexibility index (Phi) is 6.61. The Morgan fingerprint density at radius 2 is 1.89 bits per heavy atom. The van der Waals surface area contributed by atoms with Crippen LogP contribution in [0, 0.1) is 11.8 Å². The van der Waals surface area contributed by atoms with Crippen molar-refractivity contribution in [2.45, 2.75) is 52.5 Å². The molecule has 0 spiro atoms. The normalized spacial score (nSPS) is 28.5. The van der Waals surface area contributed by atoms with Crippen LogP contribution in [0.2, 0.25) is 0 Å². The zero-order valence-corrected chi connectivity index (χ0v) is 12.7. The van der Waals surface area contributed by atoms with Crippen molar-refractivity contribution in [3.8, 4) is 0 Å². The summed E-state index contributed by atoms with van der Waals surface area (Å²) in [5, 5.41) is 13.0. The Labute approximate surface area is 113 Å². The van der Waals surface area contributed by atoms with Gasteiger partial charge in [0, 0.05) is 18.6 Å². The molecule has 108 valence electrons. The van der Waals surface area contributed by atoms with Crippen molar-refractivity contribution in [2.24, 2.45) is 11.8 Å². The maximum atomic E-state index is 9.51. The van der Waals surface area contributed by atoms with Gasteiger partial charge in [-0.05, 0) is 51.1 Å². The van der Waals surface area contributed by atoms with Crippen molar-refractivity contribution < 1.29 is 5.11 Å². The summed E-state index contributed by atoms with van der Waals surface area (Å²) < 4.78 is 0. The van der Waals surface area contributed by atoms with E-state index in [1.54, 1.807) is 0 Å². The standard InChI is InChI=1S/C15H32N2O/c1-5-8-16-15(4,12-18)7-6-9-17-10-13(2)14(3)11-17/h13-14,16,18H,5-12H2,1-4H3. The maximum absolute atomic E-state index is 9.51. The van der Waals surface area contributed by atoms with Crippen LogP contribution in [0.25, 0.3) is 0 Å². The molecular weight excluding hydrogens is 224 g/mol. The zero-order valence-electron chi connectivity index (χ0n) is 12.7. The van der Waals surface area contributed by atoms with E-state index in [4.69, 9.17) is 0 Å². The van der Waals surface area contributed by atoms with Gasteiger partial charge >= 0.3 is 0 Å². The summed E-state index contributed by atoms with van der Waals surface area (Å²) in [7, 11) is 0. The molecule has 0 aliphatic carbocycles. The van der Waals surface area contributed by atoms with Crippen molar-refractivity contribution in [1.82, 2.24) is 10.2 Å². The highest BCUT2D eigenvalue weighted by atomic mass is 16.3. The molecule has 18 heavy (non-hydrogen) atoms. The lowest BCUT2D eigenvalue weighted by Gasteiger charge is -2.29. The van der Waals surface area contributed by atoms with Gasteiger partial charge in [-0.1, -0.05) is 20.8 Å². The highest BCUT2D eigenvalue weighted by molar-refractivity contribution is 4.84. The molecule has 2 N–H and O–H groups in total. The van der Waals surface area contributed by atoms with Gasteiger partial charge in [0.2, 0.25) is 0 Å². The minimum absolute atomic E-state index is 0.0903. The fraction of sp³-hybridized carbons (Fsp3) is 1.00. The lowest BCUT2D eigenvalue weighted by molar-refractivity contribution is 0.158. The van der Waals surface area contributed by atoms with Gasteiger partial charge in [-0.15, -0.1) is 0 Å². The summed E-state index contributed by atoms with van der Waals surface area (Å²) in [6, 6.07) is 0. The number of likely N-dealkylation sites (tertiary alicyclic amines) is 1. The van der Waals surface area contributed by atoms with Crippen LogP contribution in [0.15, 0.2) is 0 Å². The maximum Gasteiger partial charge on any atom is 0.0610 e. The lowest BCUT2D eigenvalue weighted by atomic mass is 9.96. The molecule has 3 nitrogen and oxygen atoms in total. The van der Waals surface area contributed by atoms with Gasteiger partial charge in [0.25, 0.3) is 0 Å². The zero-order chi connectivity index (χ0) is 13.6. The second kappa shape index (κ2) is 7.46. The van der Waals surface area contributed by atoms with Gasteiger partial charge in [0.1, 0.15) is 0 Å². The molecule has 1 rings (SSSR count). The van der Waals surface area contributed by atoms with E-state index in [2.05, 4.69) is 37.9 Å². The highest BCUT2D eigenvalue weighted by Crippen LogP contribution is 2.23. The SMILES string of the molecule is CCCNC(C)(CO)CCCN1CC(C)C(C)C1. The minimum atomic E-state index is -0.0903. The van der Waals surface area contributed by atoms with Crippen molar-refractivity contribution in [3.05, 3.63) is 0 Å². The third-order valence-corrected chi connectivity index (χ3v) is 4.42. The van der Waals surface area contributed by atoms with Crippen LogP contribution >= 0.6 is 0 Å². The number of aliphatic hydroxyl groups excluding tert-OH is 1. The van der Waals surface area contributed by atoms with E-state index >= 15 is 0 Å². The third-order valence-electron chi connectivity index (χ3n) is 4.42. The van der Waals surface area contributed by atoms with Crippen molar-refractivity contribution >= 4 is 0 Å². The van der Waals surface area contributed by atoms with Crippen LogP contribution in [0.4, 0.5) is 0 Å². The largest absolute Gasteiger partial charge is 0.394 e. The molecule has 3 atom stereocenters. The third kappa shape index (κ3) is 4.87. The Morgan fingerprint density at radius 1 is 1.28 bits per heavy atom. The van der Waals surface area contributed by atoms with Crippen LogP contribution in [0.3, 0.4) is 0 Å². The van der Waals surface area contributed by atoms with Gasteiger partial charge in [0.05, 0.1) is 6.61 Å². The number of nitrogens with zero attached hydrogens (tertiary/aromatic N) is 1. The molecule has 1 heterocycles. The molecule has 1 fully saturated rings. The molecule has 3 unspecified atom stereocenters. The first kappa shape index (κ1) is 15.9. The summed E-state index contributed by atoms with van der Waals surface area (Å²) in [5.41, 5.74) is -0.0903. The smallest absolute Gasteiger partial charge is 0.0610 e. The predicted octanol–water partition coefficient (Wildman–Crippen LogP) is 2.10. The van der Waals surface area contributed by atoms with E-state index < -0.39 is 0 Å². The first-order valence-corrected chi connectivity index (χ1v) is 7.59. The number of hydrogen-bond donors (Lipinski definition) is 2. The summed E-state index contributed by atoms with van der Waals surface area (Å²) in [4.78, 5) is 2.58. The fourth-order valence-corrected chi connectivity index (χ4v) is 2.77. The Balaban J connectivity index is 2.23. The number of nitrogens with one attached hydrogen (secondary N) is 1. The first-order chi connectivity index (χ1) is 8.50. The van der Waals surface area contributed by atoms with Crippen molar-refractivity contribution in [2.75, 3.05) is 32.8 Å². The number of hydrogen-bond acceptors (Lipinski definition) is 3. The van der Waals surface area contributed by atoms with Crippen LogP contribution in [-0.4, -0.2) is 48.3 Å². The molecular formula is C15H32N2O. The molecule has 3 heteroatoms. The van der Waals surface area contributed by atoms with Gasteiger partial charge in [-0.25, -0.2) is 0 Å². The Bertz CT molecular complexity index is 225. The molecule has 0 amide bonds. The first-order valence-electron chi connectivity index (χ1n) is 7.59. The molecule has 0 radical (unpaired) electrons.